The van der Waals surface area contributed by atoms with E-state index in [-0.39, 0.29) is 0 Å². The first-order valence-corrected chi connectivity index (χ1v) is 6.84. The van der Waals surface area contributed by atoms with Crippen molar-refractivity contribution in [3.63, 3.8) is 0 Å². The minimum atomic E-state index is 0.410. The normalized spacial score (nSPS) is 10.9. The van der Waals surface area contributed by atoms with Crippen LogP contribution in [0.25, 0.3) is 0 Å². The molecule has 0 unspecified atom stereocenters. The molecule has 0 bridgehead atoms. The van der Waals surface area contributed by atoms with Crippen molar-refractivity contribution < 1.29 is 4.74 Å². The van der Waals surface area contributed by atoms with Crippen molar-refractivity contribution in [2.24, 2.45) is 5.84 Å². The van der Waals surface area contributed by atoms with E-state index < -0.39 is 0 Å². The van der Waals surface area contributed by atoms with Crippen molar-refractivity contribution in [1.29, 1.82) is 0 Å². The Kier molecular flexibility index (Phi) is 6.96. The summed E-state index contributed by atoms with van der Waals surface area (Å²) in [4.78, 5) is 10.8. The van der Waals surface area contributed by atoms with Crippen molar-refractivity contribution in [2.75, 3.05) is 38.4 Å². The highest BCUT2D eigenvalue weighted by molar-refractivity contribution is 7.99. The molecule has 1 heterocycles. The van der Waals surface area contributed by atoms with Crippen LogP contribution in [0.2, 0.25) is 0 Å². The Morgan fingerprint density at radius 1 is 1.44 bits per heavy atom. The lowest BCUT2D eigenvalue weighted by Crippen LogP contribution is -2.15. The van der Waals surface area contributed by atoms with Crippen LogP contribution in [-0.4, -0.2) is 47.9 Å². The first-order chi connectivity index (χ1) is 8.65. The van der Waals surface area contributed by atoms with Crippen LogP contribution >= 0.6 is 11.8 Å². The molecule has 0 saturated carbocycles. The number of rotatable bonds is 8. The van der Waals surface area contributed by atoms with Gasteiger partial charge >= 0.3 is 0 Å². The summed E-state index contributed by atoms with van der Waals surface area (Å²) < 4.78 is 5.31. The maximum Gasteiger partial charge on any atom is 0.157 e. The number of nitrogens with one attached hydrogen (secondary N) is 1. The summed E-state index contributed by atoms with van der Waals surface area (Å²) in [7, 11) is 4.10. The second kappa shape index (κ2) is 8.25. The third kappa shape index (κ3) is 5.63. The highest BCUT2D eigenvalue weighted by Gasteiger charge is 2.05. The van der Waals surface area contributed by atoms with Crippen molar-refractivity contribution in [1.82, 2.24) is 14.9 Å². The van der Waals surface area contributed by atoms with Crippen LogP contribution in [0.15, 0.2) is 11.1 Å². The molecule has 7 heteroatoms. The Bertz CT molecular complexity index is 361. The van der Waals surface area contributed by atoms with Gasteiger partial charge in [0.2, 0.25) is 0 Å². The van der Waals surface area contributed by atoms with Crippen LogP contribution in [0, 0.1) is 0 Å². The molecule has 18 heavy (non-hydrogen) atoms. The number of hydrogen-bond acceptors (Lipinski definition) is 7. The van der Waals surface area contributed by atoms with Gasteiger partial charge in [-0.05, 0) is 21.0 Å². The average Bonchev–Trinajstić information content (AvgIpc) is 2.35. The number of thioether (sulfide) groups is 1. The van der Waals surface area contributed by atoms with E-state index in [9.17, 15) is 0 Å². The minimum Gasteiger partial charge on any atom is -0.374 e. The van der Waals surface area contributed by atoms with Crippen LogP contribution in [0.4, 0.5) is 5.82 Å². The first kappa shape index (κ1) is 15.2. The predicted molar refractivity (Wildman–Crippen MR) is 74.5 cm³/mol. The quantitative estimate of drug-likeness (QED) is 0.315. The van der Waals surface area contributed by atoms with E-state index in [4.69, 9.17) is 10.6 Å². The maximum atomic E-state index is 5.39. The molecule has 3 N–H and O–H groups in total. The zero-order valence-electron chi connectivity index (χ0n) is 11.1. The van der Waals surface area contributed by atoms with Crippen LogP contribution < -0.4 is 11.3 Å². The summed E-state index contributed by atoms with van der Waals surface area (Å²) in [5.41, 5.74) is 2.55. The summed E-state index contributed by atoms with van der Waals surface area (Å²) >= 11 is 1.68. The van der Waals surface area contributed by atoms with Gasteiger partial charge in [0.15, 0.2) is 5.82 Å². The molecule has 0 aliphatic rings. The van der Waals surface area contributed by atoms with Crippen LogP contribution in [0.3, 0.4) is 0 Å². The SMILES string of the molecule is CCOCc1nc(NN)cc(SCCN(C)C)n1. The van der Waals surface area contributed by atoms with Gasteiger partial charge < -0.3 is 15.1 Å². The Labute approximate surface area is 112 Å². The van der Waals surface area contributed by atoms with E-state index in [0.717, 1.165) is 17.3 Å². The number of aromatic nitrogens is 2. The standard InChI is InChI=1S/C11H21N5OS/c1-4-17-8-10-13-9(15-12)7-11(14-10)18-6-5-16(2)3/h7H,4-6,8,12H2,1-3H3,(H,13,14,15). The molecule has 0 saturated heterocycles. The lowest BCUT2D eigenvalue weighted by molar-refractivity contribution is 0.128. The second-order valence-corrected chi connectivity index (χ2v) is 5.06. The Hall–Kier alpha value is -0.890. The summed E-state index contributed by atoms with van der Waals surface area (Å²) in [5, 5.41) is 0.912. The third-order valence-electron chi connectivity index (χ3n) is 2.12. The fourth-order valence-electron chi connectivity index (χ4n) is 1.21. The van der Waals surface area contributed by atoms with Crippen molar-refractivity contribution in [2.45, 2.75) is 18.6 Å². The van der Waals surface area contributed by atoms with E-state index in [2.05, 4.69) is 20.3 Å². The smallest absolute Gasteiger partial charge is 0.157 e. The molecule has 0 aliphatic heterocycles. The Morgan fingerprint density at radius 2 is 2.22 bits per heavy atom. The molecule has 0 aliphatic carbocycles. The fourth-order valence-corrected chi connectivity index (χ4v) is 2.24. The maximum absolute atomic E-state index is 5.39. The minimum absolute atomic E-state index is 0.410. The van der Waals surface area contributed by atoms with Gasteiger partial charge in [-0.1, -0.05) is 0 Å². The largest absolute Gasteiger partial charge is 0.374 e. The first-order valence-electron chi connectivity index (χ1n) is 5.85. The lowest BCUT2D eigenvalue weighted by atomic mass is 10.5. The molecular weight excluding hydrogens is 250 g/mol. The summed E-state index contributed by atoms with van der Waals surface area (Å²) in [6.07, 6.45) is 0. The molecule has 0 fully saturated rings. The zero-order chi connectivity index (χ0) is 13.4. The van der Waals surface area contributed by atoms with Crippen molar-refractivity contribution >= 4 is 17.6 Å². The van der Waals surface area contributed by atoms with Crippen LogP contribution in [0.5, 0.6) is 0 Å². The monoisotopic (exact) mass is 271 g/mol. The van der Waals surface area contributed by atoms with Gasteiger partial charge in [-0.2, -0.15) is 0 Å². The molecular formula is C11H21N5OS. The Balaban J connectivity index is 2.64. The molecule has 0 spiro atoms. The van der Waals surface area contributed by atoms with E-state index in [0.29, 0.717) is 24.9 Å². The van der Waals surface area contributed by atoms with Gasteiger partial charge in [0.25, 0.3) is 0 Å². The van der Waals surface area contributed by atoms with E-state index in [1.165, 1.54) is 0 Å². The van der Waals surface area contributed by atoms with Crippen molar-refractivity contribution in [3.8, 4) is 0 Å². The van der Waals surface area contributed by atoms with Gasteiger partial charge in [-0.3, -0.25) is 0 Å². The van der Waals surface area contributed by atoms with Gasteiger partial charge in [-0.15, -0.1) is 11.8 Å². The zero-order valence-corrected chi connectivity index (χ0v) is 12.0. The van der Waals surface area contributed by atoms with Gasteiger partial charge in [0.05, 0.1) is 0 Å². The summed E-state index contributed by atoms with van der Waals surface area (Å²) in [6.45, 7) is 4.00. The highest BCUT2D eigenvalue weighted by Crippen LogP contribution is 2.18. The van der Waals surface area contributed by atoms with E-state index in [1.54, 1.807) is 11.8 Å². The van der Waals surface area contributed by atoms with Gasteiger partial charge in [0, 0.05) is 25.0 Å². The average molecular weight is 271 g/mol. The number of nitrogen functional groups attached to an aromatic ring is 1. The van der Waals surface area contributed by atoms with Gasteiger partial charge in [0.1, 0.15) is 17.5 Å². The highest BCUT2D eigenvalue weighted by atomic mass is 32.2. The topological polar surface area (TPSA) is 76.3 Å². The van der Waals surface area contributed by atoms with E-state index in [1.807, 2.05) is 27.1 Å². The predicted octanol–water partition coefficient (Wildman–Crippen LogP) is 0.952. The molecule has 1 aromatic heterocycles. The number of anilines is 1. The van der Waals surface area contributed by atoms with E-state index >= 15 is 0 Å². The molecule has 1 aromatic rings. The number of hydrazine groups is 1. The number of nitrogens with two attached hydrogens (primary N) is 1. The molecule has 0 radical (unpaired) electrons. The van der Waals surface area contributed by atoms with Crippen LogP contribution in [0.1, 0.15) is 12.7 Å². The fraction of sp³-hybridized carbons (Fsp3) is 0.636. The molecule has 0 atom stereocenters. The van der Waals surface area contributed by atoms with Crippen molar-refractivity contribution in [3.05, 3.63) is 11.9 Å². The van der Waals surface area contributed by atoms with Gasteiger partial charge in [-0.25, -0.2) is 15.8 Å². The molecule has 0 aromatic carbocycles. The summed E-state index contributed by atoms with van der Waals surface area (Å²) in [5.74, 6) is 7.64. The molecule has 0 amide bonds. The third-order valence-corrected chi connectivity index (χ3v) is 3.01. The lowest BCUT2D eigenvalue weighted by Gasteiger charge is -2.10. The number of nitrogens with zero attached hydrogens (tertiary/aromatic N) is 3. The Morgan fingerprint density at radius 3 is 2.83 bits per heavy atom. The second-order valence-electron chi connectivity index (χ2n) is 3.94. The number of ether oxygens (including phenoxy) is 1. The molecule has 102 valence electrons. The summed E-state index contributed by atoms with van der Waals surface area (Å²) in [6, 6.07) is 1.84. The number of hydrogen-bond donors (Lipinski definition) is 2. The molecule has 6 nitrogen and oxygen atoms in total. The van der Waals surface area contributed by atoms with Crippen LogP contribution in [-0.2, 0) is 11.3 Å². The molecule has 1 rings (SSSR count).